The van der Waals surface area contributed by atoms with Crippen molar-refractivity contribution in [2.75, 3.05) is 19.7 Å². The minimum Gasteiger partial charge on any atom is -0.393 e. The van der Waals surface area contributed by atoms with E-state index in [9.17, 15) is 40.6 Å². The predicted molar refractivity (Wildman–Crippen MR) is 135 cm³/mol. The van der Waals surface area contributed by atoms with Gasteiger partial charge in [0.15, 0.2) is 5.78 Å². The van der Waals surface area contributed by atoms with Crippen LogP contribution in [-0.4, -0.2) is 41.6 Å². The summed E-state index contributed by atoms with van der Waals surface area (Å²) in [4.78, 5) is 14.0. The number of aryl methyl sites for hydroxylation is 1. The van der Waals surface area contributed by atoms with Crippen LogP contribution in [0.5, 0.6) is 0 Å². The van der Waals surface area contributed by atoms with Gasteiger partial charge in [0.1, 0.15) is 11.9 Å². The van der Waals surface area contributed by atoms with E-state index in [1.807, 2.05) is 0 Å². The van der Waals surface area contributed by atoms with E-state index in [0.29, 0.717) is 56.5 Å². The molecule has 0 unspecified atom stereocenters. The third kappa shape index (κ3) is 6.16. The fraction of sp³-hybridized carbons (Fsp3) is 0.500. The molecule has 1 aliphatic heterocycles. The zero-order chi connectivity index (χ0) is 29.7. The van der Waals surface area contributed by atoms with Crippen LogP contribution < -0.4 is 0 Å². The first-order chi connectivity index (χ1) is 19.2. The van der Waals surface area contributed by atoms with Crippen LogP contribution in [0.15, 0.2) is 48.2 Å². The fourth-order valence-electron chi connectivity index (χ4n) is 6.71. The Morgan fingerprint density at radius 3 is 2.22 bits per heavy atom. The molecule has 5 atom stereocenters. The molecular weight excluding hydrogens is 555 g/mol. The third-order valence-electron chi connectivity index (χ3n) is 8.61. The molecule has 1 N–H and O–H groups in total. The van der Waals surface area contributed by atoms with Crippen LogP contribution in [0.2, 0.25) is 0 Å². The summed E-state index contributed by atoms with van der Waals surface area (Å²) in [6.45, 7) is 2.20. The Bertz CT molecular complexity index is 1300. The number of halogens is 7. The van der Waals surface area contributed by atoms with E-state index in [1.54, 1.807) is 19.1 Å². The number of likely N-dealkylation sites (tertiary alicyclic amines) is 1. The lowest BCUT2D eigenvalue weighted by molar-refractivity contribution is -0.143. The lowest BCUT2D eigenvalue weighted by Gasteiger charge is -2.41. The molecule has 222 valence electrons. The number of carbonyl (C=O) groups excluding carboxylic acids is 1. The number of nitrogens with zero attached hydrogens (tertiary/aromatic N) is 1. The van der Waals surface area contributed by atoms with Crippen LogP contribution in [0.1, 0.15) is 65.5 Å². The van der Waals surface area contributed by atoms with Crippen LogP contribution in [0.4, 0.5) is 30.7 Å². The Labute approximate surface area is 232 Å². The molecule has 41 heavy (non-hydrogen) atoms. The summed E-state index contributed by atoms with van der Waals surface area (Å²) in [5.74, 6) is -0.568. The monoisotopic (exact) mass is 585 g/mol. The maximum absolute atomic E-state index is 14.0. The Morgan fingerprint density at radius 1 is 0.976 bits per heavy atom. The standard InChI is InChI=1S/C30H30F7NO3/c1-16-8-21(31)3-6-24(16)28-25-14-38(22-4-5-23(40)12-22)13-17(25)2-7-26(28)41-27(15-39)18-9-19(29(32,33)34)11-20(10-18)30(35,36)37/h3,6,8-12,17,25-28,39H,2,4-5,7,13-15H2,1H3/t17-,25-,26+,27-,28+/m1/s1. The molecule has 0 bridgehead atoms. The number of alkyl halides is 6. The average molecular weight is 586 g/mol. The number of benzene rings is 2. The Kier molecular flexibility index (Phi) is 7.97. The van der Waals surface area contributed by atoms with E-state index in [0.717, 1.165) is 11.3 Å². The zero-order valence-corrected chi connectivity index (χ0v) is 22.2. The van der Waals surface area contributed by atoms with Crippen molar-refractivity contribution in [3.05, 3.63) is 81.8 Å². The second-order valence-electron chi connectivity index (χ2n) is 11.2. The molecule has 4 nitrogen and oxygen atoms in total. The second-order valence-corrected chi connectivity index (χ2v) is 11.2. The van der Waals surface area contributed by atoms with E-state index in [1.165, 1.54) is 12.1 Å². The highest BCUT2D eigenvalue weighted by Crippen LogP contribution is 2.50. The molecule has 1 saturated carbocycles. The van der Waals surface area contributed by atoms with E-state index in [-0.39, 0.29) is 29.6 Å². The van der Waals surface area contributed by atoms with E-state index < -0.39 is 53.7 Å². The normalized spacial score (nSPS) is 25.8. The molecule has 1 heterocycles. The van der Waals surface area contributed by atoms with Gasteiger partial charge in [-0.1, -0.05) is 6.07 Å². The first-order valence-corrected chi connectivity index (χ1v) is 13.5. The number of ether oxygens (including phenoxy) is 1. The molecule has 11 heteroatoms. The van der Waals surface area contributed by atoms with E-state index in [4.69, 9.17) is 4.74 Å². The van der Waals surface area contributed by atoms with Crippen molar-refractivity contribution in [2.45, 2.75) is 63.1 Å². The van der Waals surface area contributed by atoms with Gasteiger partial charge < -0.3 is 14.7 Å². The van der Waals surface area contributed by atoms with E-state index >= 15 is 0 Å². The topological polar surface area (TPSA) is 49.8 Å². The molecule has 5 rings (SSSR count). The Hall–Kier alpha value is -2.92. The maximum Gasteiger partial charge on any atom is 0.416 e. The highest BCUT2D eigenvalue weighted by atomic mass is 19.4. The fourth-order valence-corrected chi connectivity index (χ4v) is 6.71. The van der Waals surface area contributed by atoms with Gasteiger partial charge >= 0.3 is 12.4 Å². The summed E-state index contributed by atoms with van der Waals surface area (Å²) in [6.07, 6.45) is -8.33. The SMILES string of the molecule is Cc1cc(F)ccc1[C@H]1[C@@H]2CN(C3=CC(=O)CC3)C[C@H]2CC[C@@H]1O[C@H](CO)c1cc(C(F)(F)F)cc(C(F)(F)F)c1. The van der Waals surface area contributed by atoms with E-state index in [2.05, 4.69) is 4.90 Å². The van der Waals surface area contributed by atoms with Gasteiger partial charge in [-0.3, -0.25) is 4.79 Å². The summed E-state index contributed by atoms with van der Waals surface area (Å²) in [6, 6.07) is 5.56. The first-order valence-electron chi connectivity index (χ1n) is 13.5. The summed E-state index contributed by atoms with van der Waals surface area (Å²) < 4.78 is 101. The number of carbonyl (C=O) groups is 1. The van der Waals surface area contributed by atoms with Gasteiger partial charge in [-0.15, -0.1) is 0 Å². The van der Waals surface area contributed by atoms with Crippen LogP contribution in [0, 0.1) is 24.6 Å². The second kappa shape index (κ2) is 11.1. The number of aliphatic hydroxyl groups excluding tert-OH is 1. The number of fused-ring (bicyclic) bond motifs is 1. The maximum atomic E-state index is 14.0. The van der Waals surface area contributed by atoms with Gasteiger partial charge in [-0.05, 0) is 85.0 Å². The molecular formula is C30H30F7NO3. The average Bonchev–Trinajstić information content (AvgIpc) is 3.52. The third-order valence-corrected chi connectivity index (χ3v) is 8.61. The molecule has 0 aromatic heterocycles. The Morgan fingerprint density at radius 2 is 1.66 bits per heavy atom. The highest BCUT2D eigenvalue weighted by Gasteiger charge is 2.47. The number of hydrogen-bond donors (Lipinski definition) is 1. The van der Waals surface area contributed by atoms with Crippen molar-refractivity contribution >= 4 is 5.78 Å². The van der Waals surface area contributed by atoms with Gasteiger partial charge in [0, 0.05) is 37.2 Å². The van der Waals surface area contributed by atoms with Gasteiger partial charge in [0.05, 0.1) is 23.8 Å². The molecule has 0 spiro atoms. The van der Waals surface area contributed by atoms with Crippen LogP contribution in [-0.2, 0) is 21.9 Å². The zero-order valence-electron chi connectivity index (χ0n) is 22.2. The lowest BCUT2D eigenvalue weighted by atomic mass is 9.68. The van der Waals surface area contributed by atoms with Crippen molar-refractivity contribution in [3.8, 4) is 0 Å². The molecule has 2 aliphatic carbocycles. The molecule has 2 aromatic rings. The number of rotatable bonds is 6. The first kappa shape index (κ1) is 29.6. The summed E-state index contributed by atoms with van der Waals surface area (Å²) in [5, 5.41) is 10.2. The summed E-state index contributed by atoms with van der Waals surface area (Å²) in [7, 11) is 0. The van der Waals surface area contributed by atoms with Crippen molar-refractivity contribution in [3.63, 3.8) is 0 Å². The van der Waals surface area contributed by atoms with Crippen molar-refractivity contribution in [1.82, 2.24) is 4.90 Å². The van der Waals surface area contributed by atoms with Gasteiger partial charge in [-0.2, -0.15) is 26.3 Å². The van der Waals surface area contributed by atoms with Crippen molar-refractivity contribution in [2.24, 2.45) is 11.8 Å². The quantitative estimate of drug-likeness (QED) is 0.373. The molecule has 0 amide bonds. The largest absolute Gasteiger partial charge is 0.416 e. The molecule has 2 aromatic carbocycles. The predicted octanol–water partition coefficient (Wildman–Crippen LogP) is 6.96. The minimum atomic E-state index is -5.04. The summed E-state index contributed by atoms with van der Waals surface area (Å²) >= 11 is 0. The number of allylic oxidation sites excluding steroid dienone is 2. The Balaban J connectivity index is 1.50. The van der Waals surface area contributed by atoms with Crippen LogP contribution >= 0.6 is 0 Å². The smallest absolute Gasteiger partial charge is 0.393 e. The van der Waals surface area contributed by atoms with Crippen LogP contribution in [0.3, 0.4) is 0 Å². The molecule has 0 radical (unpaired) electrons. The molecule has 1 saturated heterocycles. The highest BCUT2D eigenvalue weighted by molar-refractivity contribution is 5.92. The van der Waals surface area contributed by atoms with Gasteiger partial charge in [-0.25, -0.2) is 4.39 Å². The minimum absolute atomic E-state index is 0.0268. The molecule has 2 fully saturated rings. The molecule has 3 aliphatic rings. The summed E-state index contributed by atoms with van der Waals surface area (Å²) in [5.41, 5.74) is -1.00. The number of ketones is 1. The van der Waals surface area contributed by atoms with Crippen molar-refractivity contribution in [1.29, 1.82) is 0 Å². The van der Waals surface area contributed by atoms with Gasteiger partial charge in [0.2, 0.25) is 0 Å². The van der Waals surface area contributed by atoms with Crippen LogP contribution in [0.25, 0.3) is 0 Å². The van der Waals surface area contributed by atoms with Crippen molar-refractivity contribution < 1.29 is 45.4 Å². The lowest BCUT2D eigenvalue weighted by Crippen LogP contribution is -2.39. The number of aliphatic hydroxyl groups is 1. The number of hydrogen-bond acceptors (Lipinski definition) is 4. The van der Waals surface area contributed by atoms with Gasteiger partial charge in [0.25, 0.3) is 0 Å².